The van der Waals surface area contributed by atoms with Gasteiger partial charge >= 0.3 is 141 Å². The summed E-state index contributed by atoms with van der Waals surface area (Å²) >= 11 is 0. The van der Waals surface area contributed by atoms with Crippen LogP contribution in [0.25, 0.3) is 0 Å². The van der Waals surface area contributed by atoms with Crippen molar-refractivity contribution in [2.24, 2.45) is 0 Å². The first-order valence-corrected chi connectivity index (χ1v) is 0. The molecule has 0 atom stereocenters. The number of hydrogen-bond acceptors (Lipinski definition) is 0. The standard InChI is InChI=1S/2GeH3.6GeH2/h2*1H3;6*1H2. The van der Waals surface area contributed by atoms with Gasteiger partial charge in [-0.2, -0.15) is 0 Å². The van der Waals surface area contributed by atoms with Crippen LogP contribution in [0.4, 0.5) is 0 Å². The predicted molar refractivity (Wildman–Crippen MR) is 71.1 cm³/mol. The molecule has 0 aromatic heterocycles. The zero-order valence-electron chi connectivity index (χ0n) is 6.24. The second kappa shape index (κ2) is 64.3. The van der Waals surface area contributed by atoms with Crippen LogP contribution in [0.15, 0.2) is 0 Å². The van der Waals surface area contributed by atoms with Gasteiger partial charge in [0, 0.05) is 0 Å². The van der Waals surface area contributed by atoms with Crippen molar-refractivity contribution in [1.29, 1.82) is 0 Å². The molecule has 8 heteroatoms. The van der Waals surface area contributed by atoms with Crippen LogP contribution in [-0.4, -0.2) is 141 Å². The number of rotatable bonds is 0. The molecule has 0 aliphatic heterocycles. The van der Waals surface area contributed by atoms with Gasteiger partial charge in [0.05, 0.1) is 0 Å². The molecule has 0 heterocycles. The Morgan fingerprint density at radius 3 is 0.250 bits per heavy atom. The second-order valence-corrected chi connectivity index (χ2v) is 0. The van der Waals surface area contributed by atoms with E-state index in [0.717, 1.165) is 0 Å². The quantitative estimate of drug-likeness (QED) is 0.243. The van der Waals surface area contributed by atoms with E-state index in [1.54, 1.807) is 0 Å². The van der Waals surface area contributed by atoms with Crippen molar-refractivity contribution in [2.45, 2.75) is 0 Å². The van der Waals surface area contributed by atoms with Crippen LogP contribution in [0.2, 0.25) is 0 Å². The van der Waals surface area contributed by atoms with E-state index in [9.17, 15) is 0 Å². The Hall–Kier alpha value is 4.34. The summed E-state index contributed by atoms with van der Waals surface area (Å²) in [4.78, 5) is 0. The maximum atomic E-state index is 0. The molecule has 0 saturated carbocycles. The van der Waals surface area contributed by atoms with Crippen molar-refractivity contribution in [3.63, 3.8) is 0 Å². The third kappa shape index (κ3) is 47.9. The molecule has 0 N–H and O–H groups in total. The molecule has 0 aliphatic carbocycles. The van der Waals surface area contributed by atoms with Gasteiger partial charge in [-0.3, -0.25) is 0 Å². The normalized spacial score (nSPS) is 0. The molecule has 0 fully saturated rings. The average molecular weight is 599 g/mol. The molecule has 0 nitrogen and oxygen atoms in total. The molecule has 0 amide bonds. The van der Waals surface area contributed by atoms with Crippen molar-refractivity contribution < 1.29 is 0 Å². The summed E-state index contributed by atoms with van der Waals surface area (Å²) in [5.41, 5.74) is 0. The molecule has 0 aromatic carbocycles. The zero-order chi connectivity index (χ0) is 0. The summed E-state index contributed by atoms with van der Waals surface area (Å²) < 4.78 is 0. The van der Waals surface area contributed by atoms with Crippen LogP contribution in [0.1, 0.15) is 0 Å². The fourth-order valence-electron chi connectivity index (χ4n) is 0. The molecule has 0 aromatic rings. The van der Waals surface area contributed by atoms with Crippen molar-refractivity contribution in [3.05, 3.63) is 0 Å². The molecule has 0 rings (SSSR count). The van der Waals surface area contributed by atoms with Crippen LogP contribution in [-0.2, 0) is 0 Å². The van der Waals surface area contributed by atoms with E-state index >= 15 is 0 Å². The molecule has 0 aliphatic rings. The molecule has 14 radical (unpaired) electrons. The molecule has 0 saturated heterocycles. The van der Waals surface area contributed by atoms with Gasteiger partial charge in [0.2, 0.25) is 0 Å². The first-order chi connectivity index (χ1) is 0. The second-order valence-electron chi connectivity index (χ2n) is 0. The first-order valence-electron chi connectivity index (χ1n) is 0. The van der Waals surface area contributed by atoms with Crippen molar-refractivity contribution >= 4 is 141 Å². The summed E-state index contributed by atoms with van der Waals surface area (Å²) in [5, 5.41) is 0. The first kappa shape index (κ1) is 84.2. The van der Waals surface area contributed by atoms with E-state index in [2.05, 4.69) is 0 Å². The van der Waals surface area contributed by atoms with Gasteiger partial charge in [-0.15, -0.1) is 0 Å². The summed E-state index contributed by atoms with van der Waals surface area (Å²) in [6, 6.07) is 0. The van der Waals surface area contributed by atoms with Gasteiger partial charge in [-0.1, -0.05) is 0 Å². The van der Waals surface area contributed by atoms with Crippen molar-refractivity contribution in [2.75, 3.05) is 0 Å². The molecule has 0 spiro atoms. The Bertz CT molecular complexity index is 0. The number of hydrogen-bond donors (Lipinski definition) is 0. The van der Waals surface area contributed by atoms with E-state index < -0.39 is 0 Å². The fourth-order valence-corrected chi connectivity index (χ4v) is 0. The van der Waals surface area contributed by atoms with Gasteiger partial charge in [0.1, 0.15) is 0 Å². The average Bonchev–Trinajstić information content (AvgIpc) is 0. The van der Waals surface area contributed by atoms with Gasteiger partial charge in [0.25, 0.3) is 0 Å². The van der Waals surface area contributed by atoms with Crippen LogP contribution in [0.5, 0.6) is 0 Å². The third-order valence-corrected chi connectivity index (χ3v) is 0. The molecular weight excluding hydrogens is 581 g/mol. The Kier molecular flexibility index (Phi) is 677. The topological polar surface area (TPSA) is 0 Å². The van der Waals surface area contributed by atoms with Gasteiger partial charge in [-0.25, -0.2) is 0 Å². The molecule has 0 bridgehead atoms. The summed E-state index contributed by atoms with van der Waals surface area (Å²) in [6.45, 7) is 0. The molecule has 50 valence electrons. The van der Waals surface area contributed by atoms with E-state index in [0.29, 0.717) is 0 Å². The van der Waals surface area contributed by atoms with Crippen LogP contribution in [0.3, 0.4) is 0 Å². The Balaban J connectivity index is 0. The minimum atomic E-state index is 0. The van der Waals surface area contributed by atoms with Gasteiger partial charge < -0.3 is 0 Å². The van der Waals surface area contributed by atoms with Gasteiger partial charge in [0.15, 0.2) is 0 Å². The SMILES string of the molecule is [GeH2].[GeH2].[GeH2].[GeH2].[GeH2].[GeH2].[GeH3].[GeH3]. The zero-order valence-corrected chi connectivity index (χ0v) is 32.4. The minimum absolute atomic E-state index is 0. The monoisotopic (exact) mass is 610 g/mol. The summed E-state index contributed by atoms with van der Waals surface area (Å²) in [6.07, 6.45) is 0. The maximum absolute atomic E-state index is 0. The van der Waals surface area contributed by atoms with Crippen molar-refractivity contribution in [1.82, 2.24) is 0 Å². The fraction of sp³-hybridized carbons (Fsp3) is 0. The van der Waals surface area contributed by atoms with Crippen LogP contribution in [0, 0.1) is 0 Å². The van der Waals surface area contributed by atoms with E-state index in [1.165, 1.54) is 0 Å². The summed E-state index contributed by atoms with van der Waals surface area (Å²) in [7, 11) is 0. The van der Waals surface area contributed by atoms with Crippen molar-refractivity contribution in [3.8, 4) is 0 Å². The predicted octanol–water partition coefficient (Wildman–Crippen LogP) is -7.86. The Labute approximate surface area is 138 Å². The van der Waals surface area contributed by atoms with E-state index in [1.807, 2.05) is 0 Å². The molecule has 8 heavy (non-hydrogen) atoms. The van der Waals surface area contributed by atoms with Gasteiger partial charge in [-0.05, 0) is 0 Å². The van der Waals surface area contributed by atoms with E-state index in [-0.39, 0.29) is 141 Å². The summed E-state index contributed by atoms with van der Waals surface area (Å²) in [5.74, 6) is 0. The third-order valence-electron chi connectivity index (χ3n) is 0. The van der Waals surface area contributed by atoms with Crippen LogP contribution >= 0.6 is 0 Å². The molecule has 0 unspecified atom stereocenters. The molecular formula is H18Ge8. The Morgan fingerprint density at radius 2 is 0.250 bits per heavy atom. The van der Waals surface area contributed by atoms with E-state index in [4.69, 9.17) is 0 Å². The Morgan fingerprint density at radius 1 is 0.250 bits per heavy atom. The van der Waals surface area contributed by atoms with Crippen LogP contribution < -0.4 is 0 Å².